The first-order chi connectivity index (χ1) is 12.1. The van der Waals surface area contributed by atoms with E-state index in [0.29, 0.717) is 24.5 Å². The van der Waals surface area contributed by atoms with Crippen molar-refractivity contribution >= 4 is 5.78 Å². The summed E-state index contributed by atoms with van der Waals surface area (Å²) < 4.78 is 42.5. The Labute approximate surface area is 153 Å². The first-order valence-corrected chi connectivity index (χ1v) is 10.1. The van der Waals surface area contributed by atoms with Crippen LogP contribution in [0.15, 0.2) is 11.8 Å². The Morgan fingerprint density at radius 2 is 1.81 bits per heavy atom. The summed E-state index contributed by atoms with van der Waals surface area (Å²) in [6.45, 7) is 4.11. The smallest absolute Gasteiger partial charge is 0.396 e. The molecule has 1 unspecified atom stereocenters. The largest absolute Gasteiger partial charge is 0.515 e. The molecule has 5 heteroatoms. The molecule has 2 nitrogen and oxygen atoms in total. The summed E-state index contributed by atoms with van der Waals surface area (Å²) in [6.07, 6.45) is 3.11. The van der Waals surface area contributed by atoms with Gasteiger partial charge in [-0.05, 0) is 73.0 Å². The normalized spacial score (nSPS) is 50.3. The Morgan fingerprint density at radius 3 is 2.46 bits per heavy atom. The topological polar surface area (TPSA) is 37.3 Å². The van der Waals surface area contributed by atoms with Crippen molar-refractivity contribution in [2.45, 2.75) is 71.4 Å². The third-order valence-corrected chi connectivity index (χ3v) is 8.90. The Morgan fingerprint density at radius 1 is 1.08 bits per heavy atom. The summed E-state index contributed by atoms with van der Waals surface area (Å²) >= 11 is 0. The second kappa shape index (κ2) is 5.75. The van der Waals surface area contributed by atoms with Crippen LogP contribution in [0.3, 0.4) is 0 Å². The van der Waals surface area contributed by atoms with Crippen molar-refractivity contribution in [2.75, 3.05) is 0 Å². The highest BCUT2D eigenvalue weighted by Gasteiger charge is 2.67. The molecule has 0 heterocycles. The van der Waals surface area contributed by atoms with Gasteiger partial charge in [-0.15, -0.1) is 0 Å². The molecule has 0 aromatic carbocycles. The zero-order valence-electron chi connectivity index (χ0n) is 15.6. The van der Waals surface area contributed by atoms with Gasteiger partial charge in [0.05, 0.1) is 12.2 Å². The quantitative estimate of drug-likeness (QED) is 0.430. The van der Waals surface area contributed by atoms with Gasteiger partial charge in [0, 0.05) is 12.0 Å². The standard InChI is InChI=1S/C21H29F3O2/c1-19-8-3-4-15(19)13-6-5-12-10-17(26)14(11-25)18(21(22,23)24)20(12,2)16(13)7-9-19/h11-13,15-16,18,25H,3-10H2,1-2H3/b14-11+/t12-,13-,15-,16-,18?,19-,20-/m0/s1. The molecule has 4 fully saturated rings. The highest BCUT2D eigenvalue weighted by atomic mass is 19.4. The maximum atomic E-state index is 14.2. The van der Waals surface area contributed by atoms with Crippen molar-refractivity contribution < 1.29 is 23.1 Å². The number of halogens is 3. The molecule has 0 bridgehead atoms. The number of hydrogen-bond acceptors (Lipinski definition) is 2. The summed E-state index contributed by atoms with van der Waals surface area (Å²) in [5, 5.41) is 9.50. The van der Waals surface area contributed by atoms with Crippen LogP contribution in [0.5, 0.6) is 0 Å². The van der Waals surface area contributed by atoms with Crippen molar-refractivity contribution in [3.8, 4) is 0 Å². The SMILES string of the molecule is C[C@@]12CCC[C@H]1[C@@H]1CC[C@H]3CC(=O)/C(=C\O)C(C(F)(F)F)[C@]3(C)[C@H]1CC2. The maximum Gasteiger partial charge on any atom is 0.396 e. The fourth-order valence-corrected chi connectivity index (χ4v) is 7.75. The van der Waals surface area contributed by atoms with E-state index in [1.165, 1.54) is 12.8 Å². The molecule has 0 aromatic heterocycles. The molecule has 4 aliphatic carbocycles. The van der Waals surface area contributed by atoms with Crippen LogP contribution in [-0.4, -0.2) is 17.1 Å². The molecule has 26 heavy (non-hydrogen) atoms. The second-order valence-electron chi connectivity index (χ2n) is 9.79. The molecule has 0 aromatic rings. The van der Waals surface area contributed by atoms with E-state index < -0.39 is 28.9 Å². The molecule has 7 atom stereocenters. The molecule has 1 N–H and O–H groups in total. The fourth-order valence-electron chi connectivity index (χ4n) is 7.75. The van der Waals surface area contributed by atoms with Gasteiger partial charge in [-0.3, -0.25) is 4.79 Å². The lowest BCUT2D eigenvalue weighted by Crippen LogP contribution is -2.60. The van der Waals surface area contributed by atoms with Gasteiger partial charge < -0.3 is 5.11 Å². The molecular formula is C21H29F3O2. The van der Waals surface area contributed by atoms with Gasteiger partial charge in [0.2, 0.25) is 0 Å². The second-order valence-corrected chi connectivity index (χ2v) is 9.79. The number of allylic oxidation sites excluding steroid dienone is 1. The lowest BCUT2D eigenvalue weighted by Gasteiger charge is -2.62. The van der Waals surface area contributed by atoms with E-state index in [1.807, 2.05) is 0 Å². The van der Waals surface area contributed by atoms with Crippen LogP contribution in [0.4, 0.5) is 13.2 Å². The number of aliphatic hydroxyl groups excluding tert-OH is 1. The first kappa shape index (κ1) is 18.4. The zero-order valence-corrected chi connectivity index (χ0v) is 15.6. The predicted octanol–water partition coefficient (Wildman–Crippen LogP) is 5.83. The number of carbonyl (C=O) groups excluding carboxylic acids is 1. The van der Waals surface area contributed by atoms with Gasteiger partial charge in [0.15, 0.2) is 5.78 Å². The monoisotopic (exact) mass is 370 g/mol. The molecule has 0 spiro atoms. The number of aliphatic hydroxyl groups is 1. The number of alkyl halides is 3. The Bertz CT molecular complexity index is 640. The highest BCUT2D eigenvalue weighted by Crippen LogP contribution is 2.69. The van der Waals surface area contributed by atoms with Crippen LogP contribution in [0.25, 0.3) is 0 Å². The lowest BCUT2D eigenvalue weighted by atomic mass is 9.42. The zero-order chi connectivity index (χ0) is 18.9. The number of Topliss-reactive ketones (excluding diaryl/α,β-unsaturated/α-hetero) is 1. The Kier molecular flexibility index (Phi) is 4.06. The number of ketones is 1. The third-order valence-electron chi connectivity index (χ3n) is 8.90. The number of carbonyl (C=O) groups is 1. The van der Waals surface area contributed by atoms with E-state index in [2.05, 4.69) is 6.92 Å². The molecule has 4 rings (SSSR count). The highest BCUT2D eigenvalue weighted by molar-refractivity contribution is 5.97. The van der Waals surface area contributed by atoms with Crippen molar-refractivity contribution in [1.29, 1.82) is 0 Å². The van der Waals surface area contributed by atoms with E-state index >= 15 is 0 Å². The third kappa shape index (κ3) is 2.34. The van der Waals surface area contributed by atoms with Gasteiger partial charge >= 0.3 is 6.18 Å². The summed E-state index contributed by atoms with van der Waals surface area (Å²) in [5.41, 5.74) is -1.09. The van der Waals surface area contributed by atoms with Crippen molar-refractivity contribution in [1.82, 2.24) is 0 Å². The van der Waals surface area contributed by atoms with Crippen molar-refractivity contribution in [2.24, 2.45) is 40.4 Å². The van der Waals surface area contributed by atoms with E-state index in [0.717, 1.165) is 25.7 Å². The molecule has 0 saturated heterocycles. The van der Waals surface area contributed by atoms with E-state index in [9.17, 15) is 23.1 Å². The van der Waals surface area contributed by atoms with Gasteiger partial charge in [-0.2, -0.15) is 13.2 Å². The van der Waals surface area contributed by atoms with Crippen LogP contribution in [0, 0.1) is 40.4 Å². The summed E-state index contributed by atoms with van der Waals surface area (Å²) in [6, 6.07) is 0. The summed E-state index contributed by atoms with van der Waals surface area (Å²) in [5.74, 6) is -1.73. The molecule has 0 amide bonds. The lowest BCUT2D eigenvalue weighted by molar-refractivity contribution is -0.237. The minimum Gasteiger partial charge on any atom is -0.515 e. The minimum absolute atomic E-state index is 0.00731. The fraction of sp³-hybridized carbons (Fsp3) is 0.857. The maximum absolute atomic E-state index is 14.2. The van der Waals surface area contributed by atoms with Crippen LogP contribution >= 0.6 is 0 Å². The number of hydrogen-bond donors (Lipinski definition) is 1. The first-order valence-electron chi connectivity index (χ1n) is 10.1. The van der Waals surface area contributed by atoms with Gasteiger partial charge in [0.1, 0.15) is 0 Å². The van der Waals surface area contributed by atoms with Gasteiger partial charge in [0.25, 0.3) is 0 Å². The Hall–Kier alpha value is -1.00. The average Bonchev–Trinajstić information content (AvgIpc) is 2.95. The molecule has 0 aliphatic heterocycles. The van der Waals surface area contributed by atoms with Gasteiger partial charge in [-0.25, -0.2) is 0 Å². The minimum atomic E-state index is -4.50. The van der Waals surface area contributed by atoms with Crippen LogP contribution in [0.1, 0.15) is 65.2 Å². The predicted molar refractivity (Wildman–Crippen MR) is 92.4 cm³/mol. The number of rotatable bonds is 0. The van der Waals surface area contributed by atoms with Crippen LogP contribution < -0.4 is 0 Å². The molecule has 4 saturated carbocycles. The van der Waals surface area contributed by atoms with Crippen molar-refractivity contribution in [3.05, 3.63) is 11.8 Å². The number of fused-ring (bicyclic) bond motifs is 5. The Balaban J connectivity index is 1.79. The molecule has 146 valence electrons. The average molecular weight is 370 g/mol. The summed E-state index contributed by atoms with van der Waals surface area (Å²) in [4.78, 5) is 12.3. The molecule has 0 radical (unpaired) electrons. The molecule has 4 aliphatic rings. The molecular weight excluding hydrogens is 341 g/mol. The van der Waals surface area contributed by atoms with E-state index in [4.69, 9.17) is 0 Å². The van der Waals surface area contributed by atoms with Crippen LogP contribution in [0.2, 0.25) is 0 Å². The van der Waals surface area contributed by atoms with Gasteiger partial charge in [-0.1, -0.05) is 20.3 Å². The van der Waals surface area contributed by atoms with E-state index in [1.54, 1.807) is 6.92 Å². The summed E-state index contributed by atoms with van der Waals surface area (Å²) in [7, 11) is 0. The van der Waals surface area contributed by atoms with Crippen molar-refractivity contribution in [3.63, 3.8) is 0 Å². The van der Waals surface area contributed by atoms with E-state index in [-0.39, 0.29) is 23.7 Å². The van der Waals surface area contributed by atoms with Crippen LogP contribution in [-0.2, 0) is 4.79 Å².